The molecule has 3 atom stereocenters. The zero-order valence-corrected chi connectivity index (χ0v) is 10.9. The lowest BCUT2D eigenvalue weighted by atomic mass is 9.98. The van der Waals surface area contributed by atoms with E-state index in [2.05, 4.69) is 37.9 Å². The van der Waals surface area contributed by atoms with Crippen molar-refractivity contribution in [2.75, 3.05) is 19.6 Å². The Balaban J connectivity index is 2.51. The van der Waals surface area contributed by atoms with E-state index in [1.807, 2.05) is 0 Å². The van der Waals surface area contributed by atoms with Gasteiger partial charge in [0, 0.05) is 18.6 Å². The van der Waals surface area contributed by atoms with Gasteiger partial charge in [0.1, 0.15) is 0 Å². The summed E-state index contributed by atoms with van der Waals surface area (Å²) in [6.45, 7) is 13.1. The summed E-state index contributed by atoms with van der Waals surface area (Å²) in [4.78, 5) is 2.68. The van der Waals surface area contributed by atoms with Gasteiger partial charge in [-0.1, -0.05) is 27.2 Å². The number of nitrogens with zero attached hydrogens (tertiary/aromatic N) is 1. The van der Waals surface area contributed by atoms with E-state index in [0.717, 1.165) is 12.0 Å². The molecule has 1 saturated heterocycles. The van der Waals surface area contributed by atoms with Crippen LogP contribution in [0, 0.1) is 5.92 Å². The first-order valence-electron chi connectivity index (χ1n) is 6.66. The van der Waals surface area contributed by atoms with Gasteiger partial charge in [-0.05, 0) is 38.8 Å². The van der Waals surface area contributed by atoms with Gasteiger partial charge in [0.25, 0.3) is 0 Å². The zero-order valence-electron chi connectivity index (χ0n) is 10.9. The number of nitrogens with one attached hydrogen (secondary N) is 1. The first kappa shape index (κ1) is 13.0. The quantitative estimate of drug-likeness (QED) is 0.770. The Morgan fingerprint density at radius 1 is 1.33 bits per heavy atom. The fraction of sp³-hybridized carbons (Fsp3) is 1.00. The van der Waals surface area contributed by atoms with Crippen LogP contribution in [0.1, 0.15) is 47.0 Å². The maximum atomic E-state index is 3.63. The van der Waals surface area contributed by atoms with Gasteiger partial charge in [0.15, 0.2) is 0 Å². The van der Waals surface area contributed by atoms with Crippen LogP contribution in [-0.4, -0.2) is 36.6 Å². The van der Waals surface area contributed by atoms with Crippen LogP contribution in [0.2, 0.25) is 0 Å². The molecule has 1 N–H and O–H groups in total. The third-order valence-corrected chi connectivity index (χ3v) is 4.05. The highest BCUT2D eigenvalue weighted by Crippen LogP contribution is 2.16. The molecule has 0 aromatic heterocycles. The van der Waals surface area contributed by atoms with Crippen molar-refractivity contribution in [1.29, 1.82) is 0 Å². The highest BCUT2D eigenvalue weighted by Gasteiger charge is 2.23. The third kappa shape index (κ3) is 3.76. The first-order valence-corrected chi connectivity index (χ1v) is 6.66. The molecule has 0 bridgehead atoms. The van der Waals surface area contributed by atoms with Gasteiger partial charge in [-0.3, -0.25) is 4.90 Å². The van der Waals surface area contributed by atoms with E-state index < -0.39 is 0 Å². The largest absolute Gasteiger partial charge is 0.313 e. The van der Waals surface area contributed by atoms with E-state index in [-0.39, 0.29) is 0 Å². The third-order valence-electron chi connectivity index (χ3n) is 4.05. The summed E-state index contributed by atoms with van der Waals surface area (Å²) in [5, 5.41) is 3.63. The van der Waals surface area contributed by atoms with E-state index in [9.17, 15) is 0 Å². The van der Waals surface area contributed by atoms with Crippen molar-refractivity contribution in [2.45, 2.75) is 59.0 Å². The second kappa shape index (κ2) is 6.49. The summed E-state index contributed by atoms with van der Waals surface area (Å²) in [7, 11) is 0. The highest BCUT2D eigenvalue weighted by atomic mass is 15.2. The molecule has 0 radical (unpaired) electrons. The summed E-state index contributed by atoms with van der Waals surface area (Å²) in [6.07, 6.45) is 3.85. The number of hydrogen-bond acceptors (Lipinski definition) is 2. The lowest BCUT2D eigenvalue weighted by molar-refractivity contribution is 0.155. The maximum absolute atomic E-state index is 3.63. The molecular formula is C13H28N2. The molecule has 0 aromatic rings. The average molecular weight is 212 g/mol. The smallest absolute Gasteiger partial charge is 0.0192 e. The molecule has 1 rings (SSSR count). The normalized spacial score (nSPS) is 28.4. The lowest BCUT2D eigenvalue weighted by Crippen LogP contribution is -2.43. The fourth-order valence-corrected chi connectivity index (χ4v) is 2.37. The highest BCUT2D eigenvalue weighted by molar-refractivity contribution is 4.80. The number of rotatable bonds is 4. The van der Waals surface area contributed by atoms with Crippen LogP contribution in [0.15, 0.2) is 0 Å². The van der Waals surface area contributed by atoms with Crippen molar-refractivity contribution >= 4 is 0 Å². The molecule has 1 fully saturated rings. The van der Waals surface area contributed by atoms with Gasteiger partial charge in [0.2, 0.25) is 0 Å². The molecule has 2 nitrogen and oxygen atoms in total. The Hall–Kier alpha value is -0.0800. The molecule has 15 heavy (non-hydrogen) atoms. The molecular weight excluding hydrogens is 184 g/mol. The molecule has 3 unspecified atom stereocenters. The van der Waals surface area contributed by atoms with Crippen LogP contribution in [-0.2, 0) is 0 Å². The first-order chi connectivity index (χ1) is 7.19. The topological polar surface area (TPSA) is 15.3 Å². The Morgan fingerprint density at radius 2 is 2.07 bits per heavy atom. The molecule has 0 aromatic carbocycles. The van der Waals surface area contributed by atoms with Crippen molar-refractivity contribution < 1.29 is 0 Å². The van der Waals surface area contributed by atoms with Crippen molar-refractivity contribution in [3.63, 3.8) is 0 Å². The van der Waals surface area contributed by atoms with E-state index in [1.54, 1.807) is 0 Å². The SMILES string of the molecule is CCC1CN(C(C)C(C)CC)CCCN1. The van der Waals surface area contributed by atoms with Gasteiger partial charge < -0.3 is 5.32 Å². The minimum Gasteiger partial charge on any atom is -0.313 e. The summed E-state index contributed by atoms with van der Waals surface area (Å²) < 4.78 is 0. The van der Waals surface area contributed by atoms with Gasteiger partial charge in [-0.15, -0.1) is 0 Å². The second-order valence-corrected chi connectivity index (χ2v) is 5.03. The van der Waals surface area contributed by atoms with E-state index in [4.69, 9.17) is 0 Å². The minimum atomic E-state index is 0.707. The van der Waals surface area contributed by atoms with Crippen LogP contribution in [0.3, 0.4) is 0 Å². The summed E-state index contributed by atoms with van der Waals surface area (Å²) in [5.74, 6) is 0.820. The van der Waals surface area contributed by atoms with Crippen LogP contribution in [0.5, 0.6) is 0 Å². The molecule has 0 saturated carbocycles. The maximum Gasteiger partial charge on any atom is 0.0192 e. The molecule has 2 heteroatoms. The Labute approximate surface area is 95.4 Å². The predicted octanol–water partition coefficient (Wildman–Crippen LogP) is 2.49. The van der Waals surface area contributed by atoms with Crippen molar-refractivity contribution in [2.24, 2.45) is 5.92 Å². The van der Waals surface area contributed by atoms with Gasteiger partial charge >= 0.3 is 0 Å². The van der Waals surface area contributed by atoms with E-state index in [1.165, 1.54) is 38.9 Å². The summed E-state index contributed by atoms with van der Waals surface area (Å²) >= 11 is 0. The van der Waals surface area contributed by atoms with E-state index >= 15 is 0 Å². The van der Waals surface area contributed by atoms with Gasteiger partial charge in [-0.25, -0.2) is 0 Å². The molecule has 1 heterocycles. The molecule has 90 valence electrons. The van der Waals surface area contributed by atoms with Crippen LogP contribution < -0.4 is 5.32 Å². The molecule has 0 spiro atoms. The summed E-state index contributed by atoms with van der Waals surface area (Å²) in [5.41, 5.74) is 0. The van der Waals surface area contributed by atoms with Crippen molar-refractivity contribution in [1.82, 2.24) is 10.2 Å². The van der Waals surface area contributed by atoms with E-state index in [0.29, 0.717) is 6.04 Å². The number of hydrogen-bond donors (Lipinski definition) is 1. The Morgan fingerprint density at radius 3 is 2.67 bits per heavy atom. The fourth-order valence-electron chi connectivity index (χ4n) is 2.37. The monoisotopic (exact) mass is 212 g/mol. The summed E-state index contributed by atoms with van der Waals surface area (Å²) in [6, 6.07) is 1.45. The van der Waals surface area contributed by atoms with Gasteiger partial charge in [-0.2, -0.15) is 0 Å². The van der Waals surface area contributed by atoms with Crippen LogP contribution in [0.25, 0.3) is 0 Å². The minimum absolute atomic E-state index is 0.707. The van der Waals surface area contributed by atoms with Crippen LogP contribution in [0.4, 0.5) is 0 Å². The van der Waals surface area contributed by atoms with Crippen LogP contribution >= 0.6 is 0 Å². The Bertz CT molecular complexity index is 170. The molecule has 0 aliphatic carbocycles. The molecule has 1 aliphatic heterocycles. The molecule has 1 aliphatic rings. The van der Waals surface area contributed by atoms with Crippen molar-refractivity contribution in [3.05, 3.63) is 0 Å². The average Bonchev–Trinajstić information content (AvgIpc) is 2.52. The van der Waals surface area contributed by atoms with Crippen molar-refractivity contribution in [3.8, 4) is 0 Å². The molecule has 0 amide bonds. The lowest BCUT2D eigenvalue weighted by Gasteiger charge is -2.33. The second-order valence-electron chi connectivity index (χ2n) is 5.03. The van der Waals surface area contributed by atoms with Gasteiger partial charge in [0.05, 0.1) is 0 Å². The predicted molar refractivity (Wildman–Crippen MR) is 67.2 cm³/mol. The Kier molecular flexibility index (Phi) is 5.62. The standard InChI is InChI=1S/C13H28N2/c1-5-11(3)12(4)15-9-7-8-14-13(6-2)10-15/h11-14H,5-10H2,1-4H3. The zero-order chi connectivity index (χ0) is 11.3.